The molecule has 0 spiro atoms. The van der Waals surface area contributed by atoms with Crippen LogP contribution >= 0.6 is 11.6 Å². The Morgan fingerprint density at radius 2 is 1.70 bits per heavy atom. The Morgan fingerprint density at radius 3 is 2.35 bits per heavy atom. The number of hydrogen-bond donors (Lipinski definition) is 0. The SMILES string of the molecule is O=S1(=O)C=C[C@@H](N(Cc2ccccc2)Cc2cccc(Cl)c2)C1. The van der Waals surface area contributed by atoms with Crippen LogP contribution in [0.25, 0.3) is 0 Å². The van der Waals surface area contributed by atoms with Crippen molar-refractivity contribution in [2.75, 3.05) is 5.75 Å². The summed E-state index contributed by atoms with van der Waals surface area (Å²) in [5, 5.41) is 2.02. The lowest BCUT2D eigenvalue weighted by Crippen LogP contribution is -2.35. The largest absolute Gasteiger partial charge is 0.287 e. The molecule has 0 fully saturated rings. The molecule has 0 aromatic heterocycles. The third-order valence-electron chi connectivity index (χ3n) is 3.88. The molecule has 1 aliphatic heterocycles. The molecule has 0 radical (unpaired) electrons. The Bertz CT molecular complexity index is 803. The Kier molecular flexibility index (Phi) is 4.85. The minimum Gasteiger partial charge on any atom is -0.287 e. The van der Waals surface area contributed by atoms with E-state index in [1.807, 2.05) is 42.5 Å². The van der Waals surface area contributed by atoms with Crippen LogP contribution in [-0.4, -0.2) is 25.1 Å². The summed E-state index contributed by atoms with van der Waals surface area (Å²) < 4.78 is 23.5. The van der Waals surface area contributed by atoms with Crippen LogP contribution in [0.1, 0.15) is 11.1 Å². The normalized spacial score (nSPS) is 19.3. The number of rotatable bonds is 5. The Labute approximate surface area is 142 Å². The predicted octanol–water partition coefficient (Wildman–Crippen LogP) is 3.65. The lowest BCUT2D eigenvalue weighted by atomic mass is 10.1. The summed E-state index contributed by atoms with van der Waals surface area (Å²) in [5.74, 6) is 0.139. The topological polar surface area (TPSA) is 37.4 Å². The monoisotopic (exact) mass is 347 g/mol. The minimum atomic E-state index is -3.08. The summed E-state index contributed by atoms with van der Waals surface area (Å²) in [6, 6.07) is 17.7. The van der Waals surface area contributed by atoms with E-state index in [0.29, 0.717) is 18.1 Å². The second-order valence-electron chi connectivity index (χ2n) is 5.75. The summed E-state index contributed by atoms with van der Waals surface area (Å²) >= 11 is 6.07. The quantitative estimate of drug-likeness (QED) is 0.828. The van der Waals surface area contributed by atoms with Crippen LogP contribution in [0.15, 0.2) is 66.1 Å². The van der Waals surface area contributed by atoms with Crippen LogP contribution < -0.4 is 0 Å². The van der Waals surface area contributed by atoms with Crippen molar-refractivity contribution in [3.63, 3.8) is 0 Å². The zero-order valence-electron chi connectivity index (χ0n) is 12.6. The number of halogens is 1. The molecule has 0 unspecified atom stereocenters. The molecule has 5 heteroatoms. The number of hydrogen-bond acceptors (Lipinski definition) is 3. The molecule has 3 nitrogen and oxygen atoms in total. The van der Waals surface area contributed by atoms with Crippen molar-refractivity contribution in [2.45, 2.75) is 19.1 Å². The van der Waals surface area contributed by atoms with Crippen LogP contribution in [0, 0.1) is 0 Å². The summed E-state index contributed by atoms with van der Waals surface area (Å²) in [6.07, 6.45) is 1.78. The van der Waals surface area contributed by atoms with Gasteiger partial charge in [-0.25, -0.2) is 8.42 Å². The highest BCUT2D eigenvalue weighted by molar-refractivity contribution is 7.94. The van der Waals surface area contributed by atoms with Gasteiger partial charge in [0.05, 0.1) is 5.75 Å². The van der Waals surface area contributed by atoms with Gasteiger partial charge in [0.25, 0.3) is 0 Å². The summed E-state index contributed by atoms with van der Waals surface area (Å²) in [5.41, 5.74) is 2.23. The van der Waals surface area contributed by atoms with Crippen molar-refractivity contribution >= 4 is 21.4 Å². The van der Waals surface area contributed by atoms with E-state index in [0.717, 1.165) is 11.1 Å². The van der Waals surface area contributed by atoms with Crippen molar-refractivity contribution in [1.29, 1.82) is 0 Å². The predicted molar refractivity (Wildman–Crippen MR) is 93.9 cm³/mol. The van der Waals surface area contributed by atoms with E-state index in [2.05, 4.69) is 17.0 Å². The average Bonchev–Trinajstić information content (AvgIpc) is 2.88. The smallest absolute Gasteiger partial charge is 0.173 e. The van der Waals surface area contributed by atoms with E-state index in [4.69, 9.17) is 11.6 Å². The highest BCUT2D eigenvalue weighted by Crippen LogP contribution is 2.21. The zero-order chi connectivity index (χ0) is 16.3. The highest BCUT2D eigenvalue weighted by Gasteiger charge is 2.27. The van der Waals surface area contributed by atoms with Gasteiger partial charge in [-0.15, -0.1) is 0 Å². The standard InChI is InChI=1S/C18H18ClNO2S/c19-17-8-4-7-16(11-17)13-20(12-15-5-2-1-3-6-15)18-9-10-23(21,22)14-18/h1-11,18H,12-14H2/t18-/m1/s1. The molecule has 1 atom stereocenters. The molecule has 3 rings (SSSR count). The minimum absolute atomic E-state index is 0.112. The van der Waals surface area contributed by atoms with Gasteiger partial charge in [-0.2, -0.15) is 0 Å². The molecule has 0 bridgehead atoms. The summed E-state index contributed by atoms with van der Waals surface area (Å²) in [7, 11) is -3.08. The van der Waals surface area contributed by atoms with E-state index in [9.17, 15) is 8.42 Å². The van der Waals surface area contributed by atoms with E-state index in [1.54, 1.807) is 6.08 Å². The maximum absolute atomic E-state index is 11.8. The molecule has 2 aromatic rings. The van der Waals surface area contributed by atoms with Crippen molar-refractivity contribution in [3.8, 4) is 0 Å². The summed E-state index contributed by atoms with van der Waals surface area (Å²) in [4.78, 5) is 2.17. The molecule has 23 heavy (non-hydrogen) atoms. The van der Waals surface area contributed by atoms with Gasteiger partial charge in [-0.05, 0) is 23.3 Å². The molecular weight excluding hydrogens is 330 g/mol. The average molecular weight is 348 g/mol. The number of sulfone groups is 1. The van der Waals surface area contributed by atoms with Gasteiger partial charge < -0.3 is 0 Å². The fraction of sp³-hybridized carbons (Fsp3) is 0.222. The van der Waals surface area contributed by atoms with Crippen molar-refractivity contribution in [3.05, 3.63) is 82.2 Å². The molecule has 1 heterocycles. The fourth-order valence-corrected chi connectivity index (χ4v) is 4.31. The fourth-order valence-electron chi connectivity index (χ4n) is 2.76. The van der Waals surface area contributed by atoms with Gasteiger partial charge in [0.15, 0.2) is 9.84 Å². The van der Waals surface area contributed by atoms with Crippen LogP contribution in [0.4, 0.5) is 0 Å². The molecule has 2 aromatic carbocycles. The lowest BCUT2D eigenvalue weighted by Gasteiger charge is -2.27. The molecule has 120 valence electrons. The third kappa shape index (κ3) is 4.44. The molecule has 0 N–H and O–H groups in total. The van der Waals surface area contributed by atoms with Gasteiger partial charge >= 0.3 is 0 Å². The van der Waals surface area contributed by atoms with E-state index < -0.39 is 9.84 Å². The highest BCUT2D eigenvalue weighted by atomic mass is 35.5. The molecular formula is C18H18ClNO2S. The zero-order valence-corrected chi connectivity index (χ0v) is 14.2. The van der Waals surface area contributed by atoms with Crippen molar-refractivity contribution in [1.82, 2.24) is 4.90 Å². The Hall–Kier alpha value is -1.62. The van der Waals surface area contributed by atoms with Gasteiger partial charge in [-0.3, -0.25) is 4.90 Å². The first-order valence-corrected chi connectivity index (χ1v) is 9.54. The van der Waals surface area contributed by atoms with Crippen LogP contribution in [0.3, 0.4) is 0 Å². The lowest BCUT2D eigenvalue weighted by molar-refractivity contribution is 0.226. The van der Waals surface area contributed by atoms with Crippen molar-refractivity contribution in [2.24, 2.45) is 0 Å². The van der Waals surface area contributed by atoms with E-state index in [1.165, 1.54) is 5.41 Å². The molecule has 0 saturated carbocycles. The first-order chi connectivity index (χ1) is 11.0. The van der Waals surface area contributed by atoms with E-state index in [-0.39, 0.29) is 11.8 Å². The third-order valence-corrected chi connectivity index (χ3v) is 5.50. The summed E-state index contributed by atoms with van der Waals surface area (Å²) in [6.45, 7) is 1.35. The maximum Gasteiger partial charge on any atom is 0.173 e. The van der Waals surface area contributed by atoms with Crippen molar-refractivity contribution < 1.29 is 8.42 Å². The van der Waals surface area contributed by atoms with Crippen LogP contribution in [0.5, 0.6) is 0 Å². The van der Waals surface area contributed by atoms with Gasteiger partial charge in [0.1, 0.15) is 0 Å². The van der Waals surface area contributed by atoms with E-state index >= 15 is 0 Å². The van der Waals surface area contributed by atoms with Crippen LogP contribution in [-0.2, 0) is 22.9 Å². The maximum atomic E-state index is 11.8. The second kappa shape index (κ2) is 6.87. The first kappa shape index (κ1) is 16.2. The Balaban J connectivity index is 1.83. The second-order valence-corrected chi connectivity index (χ2v) is 8.11. The molecule has 0 aliphatic carbocycles. The van der Waals surface area contributed by atoms with Gasteiger partial charge in [0, 0.05) is 29.6 Å². The Morgan fingerprint density at radius 1 is 1.00 bits per heavy atom. The number of benzene rings is 2. The number of nitrogens with zero attached hydrogens (tertiary/aromatic N) is 1. The van der Waals surface area contributed by atoms with Gasteiger partial charge in [-0.1, -0.05) is 60.1 Å². The van der Waals surface area contributed by atoms with Gasteiger partial charge in [0.2, 0.25) is 0 Å². The molecule has 0 saturated heterocycles. The molecule has 1 aliphatic rings. The van der Waals surface area contributed by atoms with Crippen LogP contribution in [0.2, 0.25) is 5.02 Å². The molecule has 0 amide bonds. The first-order valence-electron chi connectivity index (χ1n) is 7.45.